The van der Waals surface area contributed by atoms with E-state index >= 15 is 0 Å². The van der Waals surface area contributed by atoms with Gasteiger partial charge in [0, 0.05) is 17.1 Å². The van der Waals surface area contributed by atoms with Gasteiger partial charge in [-0.25, -0.2) is 9.97 Å². The van der Waals surface area contributed by atoms with E-state index in [4.69, 9.17) is 36.1 Å². The van der Waals surface area contributed by atoms with Crippen molar-refractivity contribution in [2.24, 2.45) is 5.92 Å². The van der Waals surface area contributed by atoms with Crippen molar-refractivity contribution in [2.75, 3.05) is 25.8 Å². The Morgan fingerprint density at radius 2 is 1.94 bits per heavy atom. The highest BCUT2D eigenvalue weighted by Gasteiger charge is 2.37. The third-order valence-electron chi connectivity index (χ3n) is 7.34. The van der Waals surface area contributed by atoms with Crippen LogP contribution in [0.3, 0.4) is 0 Å². The summed E-state index contributed by atoms with van der Waals surface area (Å²) in [7, 11) is -0.0798. The molecule has 0 bridgehead atoms. The molecule has 0 spiro atoms. The van der Waals surface area contributed by atoms with E-state index < -0.39 is 31.6 Å². The number of aromatic nitrogens is 3. The van der Waals surface area contributed by atoms with E-state index in [9.17, 15) is 23.2 Å². The van der Waals surface area contributed by atoms with Crippen LogP contribution in [0.2, 0.25) is 5.02 Å². The first-order valence-corrected chi connectivity index (χ1v) is 17.0. The smallest absolute Gasteiger partial charge is 0.416 e. The second-order valence-electron chi connectivity index (χ2n) is 11.9. The minimum Gasteiger partial charge on any atom is -0.485 e. The van der Waals surface area contributed by atoms with E-state index in [1.54, 1.807) is 51.2 Å². The number of halogens is 4. The molecule has 0 amide bonds. The number of fused-ring (bicyclic) bond motifs is 1. The highest BCUT2D eigenvalue weighted by molar-refractivity contribution is 7.50. The van der Waals surface area contributed by atoms with Crippen LogP contribution in [0, 0.1) is 17.2 Å². The normalized spacial score (nSPS) is 18.4. The Morgan fingerprint density at radius 3 is 2.49 bits per heavy atom. The molecule has 3 heterocycles. The Kier molecular flexibility index (Phi) is 14.0. The van der Waals surface area contributed by atoms with Crippen LogP contribution in [-0.2, 0) is 18.8 Å². The van der Waals surface area contributed by atoms with E-state index in [0.717, 1.165) is 6.08 Å². The van der Waals surface area contributed by atoms with Gasteiger partial charge in [-0.15, -0.1) is 0 Å². The van der Waals surface area contributed by atoms with Gasteiger partial charge in [0.1, 0.15) is 56.0 Å². The highest BCUT2D eigenvalue weighted by Crippen LogP contribution is 2.41. The second-order valence-corrected chi connectivity index (χ2v) is 13.9. The third-order valence-corrected chi connectivity index (χ3v) is 9.23. The standard InChI is InChI=1S/C25H30ClN6O5P.C8H11F3/c1-15-9-19(37-23(15)32-11-16(10-27)20-21(28)29-13-30-22(20)32)12-36-38(31-25(2,3)24(33)34-4)14-35-18-7-5-17(26)6-8-18;1-4-5-7(6(2)3)8(9,10)11/h5-8,11,13,15,19,23,31H,9,12,14H2,1-4H3,(H2,28,29,30);4-5H,1-3H3/b;5-4-. The van der Waals surface area contributed by atoms with Crippen molar-refractivity contribution in [3.8, 4) is 11.8 Å². The van der Waals surface area contributed by atoms with Crippen LogP contribution in [0.25, 0.3) is 11.0 Å². The number of benzene rings is 1. The molecule has 49 heavy (non-hydrogen) atoms. The zero-order chi connectivity index (χ0) is 36.5. The van der Waals surface area contributed by atoms with Crippen LogP contribution in [-0.4, -0.2) is 58.4 Å². The number of methoxy groups -OCH3 is 1. The predicted molar refractivity (Wildman–Crippen MR) is 183 cm³/mol. The van der Waals surface area contributed by atoms with Crippen molar-refractivity contribution in [1.82, 2.24) is 19.6 Å². The molecule has 0 radical (unpaired) electrons. The van der Waals surface area contributed by atoms with Crippen molar-refractivity contribution >= 4 is 42.7 Å². The Labute approximate surface area is 290 Å². The summed E-state index contributed by atoms with van der Waals surface area (Å²) in [6, 6.07) is 9.16. The van der Waals surface area contributed by atoms with Crippen molar-refractivity contribution in [2.45, 2.75) is 72.0 Å². The number of nitrogens with one attached hydrogen (secondary N) is 1. The SMILES string of the molecule is C/C=C\C(=C(C)C)C(F)(F)F.COC(=O)C(C)(C)NP(COc1ccc(Cl)cc1)OCC1CC(C)C(n2cc(C#N)c3c(N)ncnc32)O1. The molecule has 1 fully saturated rings. The average molecular weight is 725 g/mol. The number of nitrogens with zero attached hydrogens (tertiary/aromatic N) is 4. The zero-order valence-electron chi connectivity index (χ0n) is 28.3. The number of hydrogen-bond donors (Lipinski definition) is 2. The summed E-state index contributed by atoms with van der Waals surface area (Å²) in [5, 5.41) is 13.9. The largest absolute Gasteiger partial charge is 0.485 e. The Bertz CT molecular complexity index is 1690. The summed E-state index contributed by atoms with van der Waals surface area (Å²) < 4.78 is 61.4. The second kappa shape index (κ2) is 17.3. The van der Waals surface area contributed by atoms with Crippen molar-refractivity contribution < 1.29 is 36.7 Å². The van der Waals surface area contributed by atoms with Crippen molar-refractivity contribution in [3.63, 3.8) is 0 Å². The quantitative estimate of drug-likeness (QED) is 0.114. The van der Waals surface area contributed by atoms with E-state index in [2.05, 4.69) is 28.0 Å². The van der Waals surface area contributed by atoms with Gasteiger partial charge in [-0.05, 0) is 65.3 Å². The summed E-state index contributed by atoms with van der Waals surface area (Å²) in [5.74, 6) is 0.572. The summed E-state index contributed by atoms with van der Waals surface area (Å²) in [5.41, 5.74) is 5.70. The van der Waals surface area contributed by atoms with Gasteiger partial charge in [0.25, 0.3) is 0 Å². The maximum atomic E-state index is 12.3. The molecule has 4 rings (SSSR count). The summed E-state index contributed by atoms with van der Waals surface area (Å²) in [4.78, 5) is 20.6. The van der Waals surface area contributed by atoms with Gasteiger partial charge in [-0.3, -0.25) is 9.88 Å². The molecule has 0 aliphatic carbocycles. The van der Waals surface area contributed by atoms with Gasteiger partial charge in [0.2, 0.25) is 0 Å². The number of rotatable bonds is 11. The number of nitrogens with two attached hydrogens (primary N) is 1. The first-order valence-electron chi connectivity index (χ1n) is 15.2. The van der Waals surface area contributed by atoms with E-state index in [1.165, 1.54) is 33.4 Å². The number of hydrogen-bond acceptors (Lipinski definition) is 10. The topological polar surface area (TPSA) is 147 Å². The molecule has 1 aliphatic heterocycles. The minimum atomic E-state index is -4.22. The van der Waals surface area contributed by atoms with Crippen LogP contribution in [0.15, 0.2) is 60.1 Å². The number of nitriles is 1. The summed E-state index contributed by atoms with van der Waals surface area (Å²) >= 11 is 5.97. The monoisotopic (exact) mass is 724 g/mol. The molecular weight excluding hydrogens is 684 g/mol. The zero-order valence-corrected chi connectivity index (χ0v) is 30.0. The van der Waals surface area contributed by atoms with Gasteiger partial charge in [0.05, 0.1) is 36.3 Å². The minimum absolute atomic E-state index is 0.109. The summed E-state index contributed by atoms with van der Waals surface area (Å²) in [6.45, 7) is 10.2. The number of carbonyl (C=O) groups excluding carboxylic acids is 1. The van der Waals surface area contributed by atoms with Crippen LogP contribution < -0.4 is 15.6 Å². The molecule has 1 saturated heterocycles. The molecule has 1 aromatic carbocycles. The molecule has 2 aromatic heterocycles. The number of nitrogen functional groups attached to an aromatic ring is 1. The average Bonchev–Trinajstić information content (AvgIpc) is 3.61. The van der Waals surface area contributed by atoms with Crippen LogP contribution >= 0.6 is 19.9 Å². The van der Waals surface area contributed by atoms with Crippen molar-refractivity contribution in [1.29, 1.82) is 5.26 Å². The fourth-order valence-corrected chi connectivity index (χ4v) is 6.67. The molecule has 4 unspecified atom stereocenters. The molecule has 1 aliphatic rings. The molecule has 3 aromatic rings. The van der Waals surface area contributed by atoms with Crippen LogP contribution in [0.5, 0.6) is 5.75 Å². The maximum Gasteiger partial charge on any atom is 0.416 e. The lowest BCUT2D eigenvalue weighted by Crippen LogP contribution is -2.45. The van der Waals surface area contributed by atoms with E-state index in [1.807, 2.05) is 4.57 Å². The lowest BCUT2D eigenvalue weighted by molar-refractivity contribution is -0.146. The molecule has 11 nitrogen and oxygen atoms in total. The Balaban J connectivity index is 0.000000509. The van der Waals surface area contributed by atoms with Gasteiger partial charge < -0.3 is 29.0 Å². The summed E-state index contributed by atoms with van der Waals surface area (Å²) in [6.07, 6.45) is 1.63. The number of allylic oxidation sites excluding steroid dienone is 4. The molecule has 16 heteroatoms. The maximum absolute atomic E-state index is 12.3. The van der Waals surface area contributed by atoms with E-state index in [-0.39, 0.29) is 42.6 Å². The van der Waals surface area contributed by atoms with Gasteiger partial charge in [-0.2, -0.15) is 18.4 Å². The molecule has 4 atom stereocenters. The van der Waals surface area contributed by atoms with Gasteiger partial charge in [-0.1, -0.05) is 36.2 Å². The molecular formula is C33H41ClF3N6O5P. The fraction of sp³-hybridized carbons (Fsp3) is 0.455. The highest BCUT2D eigenvalue weighted by atomic mass is 35.5. The number of esters is 1. The Morgan fingerprint density at radius 1 is 1.27 bits per heavy atom. The number of alkyl halides is 3. The number of anilines is 1. The number of carbonyl (C=O) groups is 1. The van der Waals surface area contributed by atoms with Crippen LogP contribution in [0.4, 0.5) is 19.0 Å². The lowest BCUT2D eigenvalue weighted by Gasteiger charge is -2.29. The van der Waals surface area contributed by atoms with Gasteiger partial charge >= 0.3 is 12.1 Å². The Hall–Kier alpha value is -3.73. The molecule has 0 saturated carbocycles. The lowest BCUT2D eigenvalue weighted by atomic mass is 10.1. The van der Waals surface area contributed by atoms with Crippen molar-refractivity contribution in [3.05, 3.63) is 70.7 Å². The third kappa shape index (κ3) is 10.6. The molecule has 266 valence electrons. The predicted octanol–water partition coefficient (Wildman–Crippen LogP) is 7.83. The fourth-order valence-electron chi connectivity index (χ4n) is 5.01. The first-order chi connectivity index (χ1) is 23.0. The van der Waals surface area contributed by atoms with Gasteiger partial charge in [0.15, 0.2) is 0 Å². The van der Waals surface area contributed by atoms with Crippen LogP contribution in [0.1, 0.15) is 59.8 Å². The van der Waals surface area contributed by atoms with E-state index in [0.29, 0.717) is 33.8 Å². The first kappa shape index (κ1) is 39.7. The number of ether oxygens (including phenoxy) is 3. The molecule has 3 N–H and O–H groups in total.